The normalized spacial score (nSPS) is 12.8. The van der Waals surface area contributed by atoms with Gasteiger partial charge in [0.2, 0.25) is 0 Å². The quantitative estimate of drug-likeness (QED) is 0.506. The molecule has 8 heavy (non-hydrogen) atoms. The Morgan fingerprint density at radius 1 is 1.38 bits per heavy atom. The van der Waals surface area contributed by atoms with Crippen molar-refractivity contribution in [3.8, 4) is 0 Å². The zero-order chi connectivity index (χ0) is 6.78. The third-order valence-corrected chi connectivity index (χ3v) is 3.14. The molecule has 0 spiro atoms. The molecular formula is C7H17P. The van der Waals surface area contributed by atoms with Crippen LogP contribution in [0.4, 0.5) is 0 Å². The Morgan fingerprint density at radius 3 is 1.75 bits per heavy atom. The van der Waals surface area contributed by atoms with Gasteiger partial charge in [0.25, 0.3) is 0 Å². The van der Waals surface area contributed by atoms with Gasteiger partial charge in [0.15, 0.2) is 0 Å². The maximum atomic E-state index is 2.79. The SMILES string of the molecule is CC(C)C(C)(C)CP. The summed E-state index contributed by atoms with van der Waals surface area (Å²) in [5.74, 6) is 0.792. The molecular weight excluding hydrogens is 115 g/mol. The number of rotatable bonds is 2. The summed E-state index contributed by atoms with van der Waals surface area (Å²) in [6, 6.07) is 0. The van der Waals surface area contributed by atoms with Gasteiger partial charge in [-0.3, -0.25) is 0 Å². The Kier molecular flexibility index (Phi) is 2.98. The summed E-state index contributed by atoms with van der Waals surface area (Å²) in [5, 5.41) is 0. The van der Waals surface area contributed by atoms with Gasteiger partial charge < -0.3 is 0 Å². The molecule has 0 aromatic carbocycles. The average molecular weight is 132 g/mol. The number of hydrogen-bond donors (Lipinski definition) is 0. The molecule has 0 fully saturated rings. The molecule has 1 atom stereocenters. The van der Waals surface area contributed by atoms with E-state index in [-0.39, 0.29) is 0 Å². The van der Waals surface area contributed by atoms with Crippen LogP contribution in [0.1, 0.15) is 27.7 Å². The van der Waals surface area contributed by atoms with E-state index in [1.807, 2.05) is 0 Å². The second kappa shape index (κ2) is 2.82. The molecule has 0 bridgehead atoms. The Morgan fingerprint density at radius 2 is 1.75 bits per heavy atom. The van der Waals surface area contributed by atoms with Crippen molar-refractivity contribution >= 4 is 9.24 Å². The van der Waals surface area contributed by atoms with Crippen molar-refractivity contribution in [2.24, 2.45) is 11.3 Å². The minimum absolute atomic E-state index is 0.505. The Labute approximate surface area is 55.3 Å². The van der Waals surface area contributed by atoms with Gasteiger partial charge in [-0.05, 0) is 17.5 Å². The van der Waals surface area contributed by atoms with Crippen molar-refractivity contribution < 1.29 is 0 Å². The van der Waals surface area contributed by atoms with Gasteiger partial charge >= 0.3 is 0 Å². The first-order chi connectivity index (χ1) is 3.50. The molecule has 50 valence electrons. The molecule has 0 radical (unpaired) electrons. The first-order valence-electron chi connectivity index (χ1n) is 3.21. The summed E-state index contributed by atoms with van der Waals surface area (Å²) >= 11 is 0. The van der Waals surface area contributed by atoms with Crippen molar-refractivity contribution in [2.75, 3.05) is 6.16 Å². The van der Waals surface area contributed by atoms with Gasteiger partial charge in [-0.1, -0.05) is 27.7 Å². The fraction of sp³-hybridized carbons (Fsp3) is 1.00. The largest absolute Gasteiger partial charge is 0.137 e. The van der Waals surface area contributed by atoms with Crippen molar-refractivity contribution in [3.63, 3.8) is 0 Å². The van der Waals surface area contributed by atoms with Gasteiger partial charge in [0.05, 0.1) is 0 Å². The second-order valence-electron chi connectivity index (χ2n) is 3.35. The van der Waals surface area contributed by atoms with E-state index in [0.717, 1.165) is 5.92 Å². The molecule has 0 saturated carbocycles. The molecule has 0 aromatic rings. The summed E-state index contributed by atoms with van der Waals surface area (Å²) in [4.78, 5) is 0. The van der Waals surface area contributed by atoms with E-state index in [1.54, 1.807) is 0 Å². The first-order valence-corrected chi connectivity index (χ1v) is 4.02. The van der Waals surface area contributed by atoms with E-state index < -0.39 is 0 Å². The molecule has 0 aliphatic carbocycles. The maximum Gasteiger partial charge on any atom is -0.0297 e. The molecule has 0 aliphatic heterocycles. The van der Waals surface area contributed by atoms with Gasteiger partial charge in [0, 0.05) is 0 Å². The lowest BCUT2D eigenvalue weighted by Gasteiger charge is -2.26. The summed E-state index contributed by atoms with van der Waals surface area (Å²) < 4.78 is 0. The molecule has 0 nitrogen and oxygen atoms in total. The lowest BCUT2D eigenvalue weighted by Crippen LogP contribution is -2.20. The van der Waals surface area contributed by atoms with Crippen molar-refractivity contribution in [3.05, 3.63) is 0 Å². The van der Waals surface area contributed by atoms with Crippen LogP contribution in [-0.2, 0) is 0 Å². The van der Waals surface area contributed by atoms with E-state index in [0.29, 0.717) is 5.41 Å². The molecule has 1 heteroatoms. The summed E-state index contributed by atoms with van der Waals surface area (Å²) in [6.07, 6.45) is 1.20. The molecule has 0 N–H and O–H groups in total. The van der Waals surface area contributed by atoms with Crippen molar-refractivity contribution in [2.45, 2.75) is 27.7 Å². The fourth-order valence-corrected chi connectivity index (χ4v) is 0.707. The second-order valence-corrected chi connectivity index (χ2v) is 3.76. The van der Waals surface area contributed by atoms with Gasteiger partial charge in [-0.15, -0.1) is 9.24 Å². The molecule has 0 rings (SSSR count). The minimum atomic E-state index is 0.505. The third-order valence-electron chi connectivity index (χ3n) is 2.09. The van der Waals surface area contributed by atoms with Crippen LogP contribution in [0.5, 0.6) is 0 Å². The average Bonchev–Trinajstić information content (AvgIpc) is 1.67. The molecule has 0 aromatic heterocycles. The molecule has 0 heterocycles. The lowest BCUT2D eigenvalue weighted by atomic mass is 9.83. The van der Waals surface area contributed by atoms with Crippen molar-refractivity contribution in [1.82, 2.24) is 0 Å². The smallest absolute Gasteiger partial charge is 0.0297 e. The molecule has 0 saturated heterocycles. The third kappa shape index (κ3) is 2.13. The van der Waals surface area contributed by atoms with Crippen LogP contribution in [-0.4, -0.2) is 6.16 Å². The zero-order valence-corrected chi connectivity index (χ0v) is 7.52. The van der Waals surface area contributed by atoms with Gasteiger partial charge in [-0.25, -0.2) is 0 Å². The highest BCUT2D eigenvalue weighted by molar-refractivity contribution is 7.16. The number of hydrogen-bond acceptors (Lipinski definition) is 0. The topological polar surface area (TPSA) is 0 Å². The maximum absolute atomic E-state index is 2.79. The summed E-state index contributed by atoms with van der Waals surface area (Å²) in [7, 11) is 2.79. The van der Waals surface area contributed by atoms with Crippen LogP contribution in [0, 0.1) is 11.3 Å². The lowest BCUT2D eigenvalue weighted by molar-refractivity contribution is 0.291. The highest BCUT2D eigenvalue weighted by Crippen LogP contribution is 2.27. The minimum Gasteiger partial charge on any atom is -0.137 e. The van der Waals surface area contributed by atoms with Crippen LogP contribution in [0.25, 0.3) is 0 Å². The van der Waals surface area contributed by atoms with E-state index in [9.17, 15) is 0 Å². The van der Waals surface area contributed by atoms with E-state index in [4.69, 9.17) is 0 Å². The Balaban J connectivity index is 3.71. The highest BCUT2D eigenvalue weighted by atomic mass is 31.0. The molecule has 0 amide bonds. The zero-order valence-electron chi connectivity index (χ0n) is 6.36. The van der Waals surface area contributed by atoms with Gasteiger partial charge in [0.1, 0.15) is 0 Å². The van der Waals surface area contributed by atoms with Crippen molar-refractivity contribution in [1.29, 1.82) is 0 Å². The molecule has 1 unspecified atom stereocenters. The predicted octanol–water partition coefficient (Wildman–Crippen LogP) is 2.54. The highest BCUT2D eigenvalue weighted by Gasteiger charge is 2.18. The van der Waals surface area contributed by atoms with Gasteiger partial charge in [-0.2, -0.15) is 0 Å². The first kappa shape index (κ1) is 8.43. The molecule has 0 aliphatic rings. The van der Waals surface area contributed by atoms with E-state index >= 15 is 0 Å². The standard InChI is InChI=1S/C7H17P/c1-6(2)7(3,4)5-8/h6H,5,8H2,1-4H3. The van der Waals surface area contributed by atoms with Crippen LogP contribution >= 0.6 is 9.24 Å². The predicted molar refractivity (Wildman–Crippen MR) is 43.2 cm³/mol. The van der Waals surface area contributed by atoms with Crippen LogP contribution in [0.3, 0.4) is 0 Å². The van der Waals surface area contributed by atoms with E-state index in [1.165, 1.54) is 6.16 Å². The monoisotopic (exact) mass is 132 g/mol. The fourth-order valence-electron chi connectivity index (χ4n) is 0.236. The Bertz CT molecular complexity index is 64.8. The summed E-state index contributed by atoms with van der Waals surface area (Å²) in [6.45, 7) is 9.13. The Hall–Kier alpha value is 0.430. The van der Waals surface area contributed by atoms with Crippen LogP contribution < -0.4 is 0 Å². The summed E-state index contributed by atoms with van der Waals surface area (Å²) in [5.41, 5.74) is 0.505. The van der Waals surface area contributed by atoms with Crippen LogP contribution in [0.15, 0.2) is 0 Å². The van der Waals surface area contributed by atoms with E-state index in [2.05, 4.69) is 36.9 Å². The van der Waals surface area contributed by atoms with Crippen LogP contribution in [0.2, 0.25) is 0 Å².